The number of carbonyl (C=O) groups is 1. The summed E-state index contributed by atoms with van der Waals surface area (Å²) in [6, 6.07) is 2.00. The Hall–Kier alpha value is -1.63. The summed E-state index contributed by atoms with van der Waals surface area (Å²) in [6.45, 7) is 1.90. The highest BCUT2D eigenvalue weighted by Gasteiger charge is 2.33. The summed E-state index contributed by atoms with van der Waals surface area (Å²) in [4.78, 5) is 15.8. The van der Waals surface area contributed by atoms with Crippen molar-refractivity contribution in [3.63, 3.8) is 0 Å². The molecule has 3 N–H and O–H groups in total. The van der Waals surface area contributed by atoms with Crippen molar-refractivity contribution in [1.82, 2.24) is 10.3 Å². The van der Waals surface area contributed by atoms with Crippen molar-refractivity contribution < 1.29 is 18.0 Å². The van der Waals surface area contributed by atoms with Gasteiger partial charge in [0.15, 0.2) is 0 Å². The van der Waals surface area contributed by atoms with E-state index < -0.39 is 11.9 Å². The van der Waals surface area contributed by atoms with Crippen LogP contribution in [0.25, 0.3) is 0 Å². The highest BCUT2D eigenvalue weighted by Crippen LogP contribution is 2.28. The van der Waals surface area contributed by atoms with Crippen molar-refractivity contribution in [3.05, 3.63) is 29.1 Å². The minimum Gasteiger partial charge on any atom is -0.349 e. The molecule has 2 rings (SSSR count). The number of nitrogens with one attached hydrogen (secondary N) is 1. The zero-order valence-corrected chi connectivity index (χ0v) is 12.4. The molecule has 122 valence electrons. The molecule has 4 nitrogen and oxygen atoms in total. The third-order valence-electron chi connectivity index (χ3n) is 4.15. The Kier molecular flexibility index (Phi) is 5.05. The molecular formula is C15H20F3N3O. The van der Waals surface area contributed by atoms with Gasteiger partial charge in [-0.25, -0.2) is 4.98 Å². The summed E-state index contributed by atoms with van der Waals surface area (Å²) in [6.07, 6.45) is -0.582. The lowest BCUT2D eigenvalue weighted by Gasteiger charge is -2.31. The number of alkyl halides is 3. The van der Waals surface area contributed by atoms with Crippen molar-refractivity contribution in [2.24, 2.45) is 11.7 Å². The van der Waals surface area contributed by atoms with Gasteiger partial charge in [0.05, 0.1) is 11.3 Å². The molecule has 0 bridgehead atoms. The number of aromatic nitrogens is 1. The highest BCUT2D eigenvalue weighted by atomic mass is 19.4. The van der Waals surface area contributed by atoms with Gasteiger partial charge >= 0.3 is 6.18 Å². The number of aryl methyl sites for hydroxylation is 1. The van der Waals surface area contributed by atoms with Gasteiger partial charge in [0.25, 0.3) is 5.91 Å². The average Bonchev–Trinajstić information content (AvgIpc) is 2.46. The van der Waals surface area contributed by atoms with E-state index in [1.165, 1.54) is 13.0 Å². The number of halogens is 3. The Balaban J connectivity index is 2.12. The van der Waals surface area contributed by atoms with E-state index in [-0.39, 0.29) is 29.1 Å². The normalized spacial score (nSPS) is 22.4. The summed E-state index contributed by atoms with van der Waals surface area (Å²) >= 11 is 0. The van der Waals surface area contributed by atoms with Gasteiger partial charge in [-0.05, 0) is 44.4 Å². The smallest absolute Gasteiger partial charge is 0.349 e. The summed E-state index contributed by atoms with van der Waals surface area (Å²) in [5, 5.41) is 2.90. The number of nitrogens with zero attached hydrogens (tertiary/aromatic N) is 1. The Bertz CT molecular complexity index is 545. The van der Waals surface area contributed by atoms with Crippen molar-refractivity contribution >= 4 is 5.91 Å². The van der Waals surface area contributed by atoms with Gasteiger partial charge in [-0.15, -0.1) is 0 Å². The maximum absolute atomic E-state index is 12.6. The second-order valence-electron chi connectivity index (χ2n) is 5.69. The van der Waals surface area contributed by atoms with Crippen molar-refractivity contribution in [1.29, 1.82) is 0 Å². The Morgan fingerprint density at radius 1 is 1.36 bits per heavy atom. The lowest BCUT2D eigenvalue weighted by atomic mass is 9.84. The molecule has 1 aromatic rings. The van der Waals surface area contributed by atoms with Gasteiger partial charge < -0.3 is 11.1 Å². The Morgan fingerprint density at radius 2 is 2.05 bits per heavy atom. The van der Waals surface area contributed by atoms with Crippen LogP contribution in [-0.2, 0) is 6.18 Å². The first-order chi connectivity index (χ1) is 10.3. The molecule has 1 heterocycles. The van der Waals surface area contributed by atoms with Gasteiger partial charge in [-0.1, -0.05) is 12.8 Å². The maximum atomic E-state index is 12.6. The van der Waals surface area contributed by atoms with E-state index in [1.807, 2.05) is 0 Å². The topological polar surface area (TPSA) is 68.0 Å². The van der Waals surface area contributed by atoms with E-state index in [2.05, 4.69) is 10.3 Å². The van der Waals surface area contributed by atoms with E-state index in [4.69, 9.17) is 5.73 Å². The Morgan fingerprint density at radius 3 is 2.64 bits per heavy atom. The van der Waals surface area contributed by atoms with Crippen molar-refractivity contribution in [2.75, 3.05) is 6.54 Å². The Labute approximate surface area is 127 Å². The second kappa shape index (κ2) is 6.64. The van der Waals surface area contributed by atoms with Gasteiger partial charge in [-0.3, -0.25) is 4.79 Å². The molecule has 0 radical (unpaired) electrons. The van der Waals surface area contributed by atoms with Crippen molar-refractivity contribution in [3.8, 4) is 0 Å². The van der Waals surface area contributed by atoms with Gasteiger partial charge in [0.1, 0.15) is 5.69 Å². The minimum atomic E-state index is -4.51. The molecular weight excluding hydrogens is 295 g/mol. The van der Waals surface area contributed by atoms with E-state index >= 15 is 0 Å². The molecule has 1 aliphatic carbocycles. The van der Waals surface area contributed by atoms with Gasteiger partial charge in [0, 0.05) is 6.04 Å². The summed E-state index contributed by atoms with van der Waals surface area (Å²) in [5.74, 6) is -0.163. The minimum absolute atomic E-state index is 0.0204. The molecule has 0 saturated heterocycles. The van der Waals surface area contributed by atoms with Crippen LogP contribution in [0.2, 0.25) is 0 Å². The number of rotatable bonds is 3. The maximum Gasteiger partial charge on any atom is 0.433 e. The molecule has 0 aliphatic heterocycles. The predicted molar refractivity (Wildman–Crippen MR) is 76.2 cm³/mol. The first-order valence-corrected chi connectivity index (χ1v) is 7.38. The van der Waals surface area contributed by atoms with Crippen LogP contribution in [0.15, 0.2) is 12.1 Å². The van der Waals surface area contributed by atoms with Crippen molar-refractivity contribution in [2.45, 2.75) is 44.8 Å². The average molecular weight is 315 g/mol. The van der Waals surface area contributed by atoms with Crippen LogP contribution in [0, 0.1) is 12.8 Å². The molecule has 7 heteroatoms. The lowest BCUT2D eigenvalue weighted by molar-refractivity contribution is -0.141. The van der Waals surface area contributed by atoms with Crippen LogP contribution in [0.3, 0.4) is 0 Å². The third kappa shape index (κ3) is 3.76. The monoisotopic (exact) mass is 315 g/mol. The van der Waals surface area contributed by atoms with Crippen LogP contribution >= 0.6 is 0 Å². The molecule has 1 amide bonds. The predicted octanol–water partition coefficient (Wildman–Crippen LogP) is 2.66. The lowest BCUT2D eigenvalue weighted by Crippen LogP contribution is -2.45. The molecule has 1 fully saturated rings. The standard InChI is InChI=1S/C15H20F3N3O/c1-9-11(6-7-13(20-9)15(16,17)18)14(22)21-12-5-3-2-4-10(12)8-19/h6-7,10,12H,2-5,8,19H2,1H3,(H,21,22). The molecule has 2 unspecified atom stereocenters. The summed E-state index contributed by atoms with van der Waals surface area (Å²) in [5.41, 5.74) is 4.98. The van der Waals surface area contributed by atoms with E-state index in [0.717, 1.165) is 31.7 Å². The largest absolute Gasteiger partial charge is 0.433 e. The molecule has 1 aromatic heterocycles. The van der Waals surface area contributed by atoms with Crippen LogP contribution in [0.4, 0.5) is 13.2 Å². The number of nitrogens with two attached hydrogens (primary N) is 1. The number of pyridine rings is 1. The van der Waals surface area contributed by atoms with E-state index in [1.54, 1.807) is 0 Å². The van der Waals surface area contributed by atoms with Crippen LogP contribution in [-0.4, -0.2) is 23.5 Å². The third-order valence-corrected chi connectivity index (χ3v) is 4.15. The zero-order chi connectivity index (χ0) is 16.3. The fourth-order valence-electron chi connectivity index (χ4n) is 2.88. The molecule has 1 aliphatic rings. The number of hydrogen-bond donors (Lipinski definition) is 2. The molecule has 0 aromatic carbocycles. The van der Waals surface area contributed by atoms with Gasteiger partial charge in [0.2, 0.25) is 0 Å². The molecule has 22 heavy (non-hydrogen) atoms. The summed E-state index contributed by atoms with van der Waals surface area (Å²) in [7, 11) is 0. The second-order valence-corrected chi connectivity index (χ2v) is 5.69. The molecule has 0 spiro atoms. The fourth-order valence-corrected chi connectivity index (χ4v) is 2.88. The van der Waals surface area contributed by atoms with Crippen LogP contribution in [0.5, 0.6) is 0 Å². The van der Waals surface area contributed by atoms with Crippen LogP contribution in [0.1, 0.15) is 47.4 Å². The van der Waals surface area contributed by atoms with Gasteiger partial charge in [-0.2, -0.15) is 13.2 Å². The fraction of sp³-hybridized carbons (Fsp3) is 0.600. The quantitative estimate of drug-likeness (QED) is 0.901. The number of hydrogen-bond acceptors (Lipinski definition) is 3. The first-order valence-electron chi connectivity index (χ1n) is 7.38. The molecule has 2 atom stereocenters. The highest BCUT2D eigenvalue weighted by molar-refractivity contribution is 5.95. The first kappa shape index (κ1) is 16.7. The van der Waals surface area contributed by atoms with E-state index in [0.29, 0.717) is 6.54 Å². The van der Waals surface area contributed by atoms with E-state index in [9.17, 15) is 18.0 Å². The number of amides is 1. The van der Waals surface area contributed by atoms with Crippen LogP contribution < -0.4 is 11.1 Å². The molecule has 1 saturated carbocycles. The SMILES string of the molecule is Cc1nc(C(F)(F)F)ccc1C(=O)NC1CCCCC1CN. The zero-order valence-electron chi connectivity index (χ0n) is 12.4. The number of carbonyl (C=O) groups excluding carboxylic acids is 1. The summed E-state index contributed by atoms with van der Waals surface area (Å²) < 4.78 is 37.8.